The number of carbonyl (C=O) groups is 5. The van der Waals surface area contributed by atoms with Crippen LogP contribution < -0.4 is 26.0 Å². The van der Waals surface area contributed by atoms with Gasteiger partial charge < -0.3 is 26.0 Å². The molecule has 1 fully saturated rings. The number of Topliss-reactive ketones (excluding diaryl/α,β-unsaturated/α-hetero) is 1. The second-order valence-electron chi connectivity index (χ2n) is 10.9. The molecule has 11 nitrogen and oxygen atoms in total. The highest BCUT2D eigenvalue weighted by atomic mass is 32.1. The van der Waals surface area contributed by atoms with Crippen molar-refractivity contribution < 1.29 is 28.7 Å². The van der Waals surface area contributed by atoms with Crippen molar-refractivity contribution in [3.05, 3.63) is 46.9 Å². The first-order chi connectivity index (χ1) is 19.5. The van der Waals surface area contributed by atoms with E-state index in [0.29, 0.717) is 25.1 Å². The summed E-state index contributed by atoms with van der Waals surface area (Å²) in [7, 11) is 0. The van der Waals surface area contributed by atoms with Crippen molar-refractivity contribution in [1.82, 2.24) is 26.3 Å². The molecule has 0 aliphatic carbocycles. The predicted molar refractivity (Wildman–Crippen MR) is 154 cm³/mol. The molecule has 41 heavy (non-hydrogen) atoms. The standard InChI is InChI=1S/C29H39N5O6S/c1-17(2)14-22(33-28(39)24(18(3)4)34-23(35)16-40-20-8-6-5-7-9-20)27(38)32-21(15-19-10-11-30-26(19)37)25(36)29-31-12-13-41-29/h5-9,12-13,17-19,21-22,24H,10-11,14-16H2,1-4H3,(H,30,37)(H,32,38)(H,33,39)(H,34,35)/t19-,21-,22-,24-/m0/s1. The van der Waals surface area contributed by atoms with E-state index < -0.39 is 41.8 Å². The topological polar surface area (TPSA) is 156 Å². The SMILES string of the molecule is CC(C)C[C@H](NC(=O)[C@@H](NC(=O)COc1ccccc1)C(C)C)C(=O)N[C@@H](C[C@@H]1CCNC1=O)C(=O)c1nccs1. The third-order valence-electron chi connectivity index (χ3n) is 6.68. The van der Waals surface area contributed by atoms with E-state index in [1.54, 1.807) is 43.5 Å². The Labute approximate surface area is 244 Å². The third kappa shape index (κ3) is 9.66. The zero-order valence-corrected chi connectivity index (χ0v) is 24.7. The highest BCUT2D eigenvalue weighted by Crippen LogP contribution is 2.20. The lowest BCUT2D eigenvalue weighted by Crippen LogP contribution is -2.57. The van der Waals surface area contributed by atoms with E-state index in [2.05, 4.69) is 26.3 Å². The van der Waals surface area contributed by atoms with Gasteiger partial charge in [-0.1, -0.05) is 45.9 Å². The zero-order chi connectivity index (χ0) is 29.9. The van der Waals surface area contributed by atoms with Gasteiger partial charge in [0.1, 0.15) is 17.8 Å². The van der Waals surface area contributed by atoms with E-state index in [1.165, 1.54) is 6.20 Å². The molecule has 2 aromatic rings. The van der Waals surface area contributed by atoms with Crippen LogP contribution in [0.2, 0.25) is 0 Å². The van der Waals surface area contributed by atoms with Crippen molar-refractivity contribution in [2.75, 3.05) is 13.2 Å². The quantitative estimate of drug-likeness (QED) is 0.233. The Morgan fingerprint density at radius 1 is 1.02 bits per heavy atom. The lowest BCUT2D eigenvalue weighted by Gasteiger charge is -2.27. The summed E-state index contributed by atoms with van der Waals surface area (Å²) in [6.07, 6.45) is 2.50. The Hall–Kier alpha value is -3.80. The minimum atomic E-state index is -0.982. The fraction of sp³-hybridized carbons (Fsp3) is 0.517. The van der Waals surface area contributed by atoms with Gasteiger partial charge in [-0.15, -0.1) is 11.3 Å². The number of carbonyl (C=O) groups excluding carboxylic acids is 5. The van der Waals surface area contributed by atoms with Gasteiger partial charge in [-0.25, -0.2) is 4.98 Å². The number of ketones is 1. The van der Waals surface area contributed by atoms with E-state index in [-0.39, 0.29) is 41.6 Å². The summed E-state index contributed by atoms with van der Waals surface area (Å²) in [5.74, 6) is -2.21. The first kappa shape index (κ1) is 31.7. The number of para-hydroxylation sites is 1. The Balaban J connectivity index is 1.69. The molecule has 0 unspecified atom stereocenters. The largest absolute Gasteiger partial charge is 0.484 e. The van der Waals surface area contributed by atoms with Crippen molar-refractivity contribution in [1.29, 1.82) is 0 Å². The summed E-state index contributed by atoms with van der Waals surface area (Å²) in [4.78, 5) is 69.0. The number of thiazole rings is 1. The maximum atomic E-state index is 13.5. The second-order valence-corrected chi connectivity index (χ2v) is 11.8. The Morgan fingerprint density at radius 2 is 1.73 bits per heavy atom. The molecule has 222 valence electrons. The van der Waals surface area contributed by atoms with Gasteiger partial charge in [0, 0.05) is 24.0 Å². The van der Waals surface area contributed by atoms with Crippen LogP contribution in [0.15, 0.2) is 41.9 Å². The summed E-state index contributed by atoms with van der Waals surface area (Å²) >= 11 is 1.16. The van der Waals surface area contributed by atoms with Crippen LogP contribution in [0.1, 0.15) is 56.8 Å². The van der Waals surface area contributed by atoms with Crippen LogP contribution in [-0.4, -0.2) is 65.7 Å². The number of ether oxygens (including phenoxy) is 1. The van der Waals surface area contributed by atoms with Gasteiger partial charge in [-0.3, -0.25) is 24.0 Å². The Kier molecular flexibility index (Phi) is 11.8. The highest BCUT2D eigenvalue weighted by molar-refractivity contribution is 7.11. The van der Waals surface area contributed by atoms with Crippen LogP contribution >= 0.6 is 11.3 Å². The average Bonchev–Trinajstić information content (AvgIpc) is 3.61. The minimum Gasteiger partial charge on any atom is -0.484 e. The highest BCUT2D eigenvalue weighted by Gasteiger charge is 2.35. The number of hydrogen-bond donors (Lipinski definition) is 4. The van der Waals surface area contributed by atoms with Crippen molar-refractivity contribution >= 4 is 40.7 Å². The molecule has 1 aliphatic heterocycles. The molecule has 12 heteroatoms. The molecule has 4 N–H and O–H groups in total. The number of benzene rings is 1. The molecule has 1 aromatic carbocycles. The number of rotatable bonds is 15. The number of nitrogens with one attached hydrogen (secondary N) is 4. The van der Waals surface area contributed by atoms with E-state index >= 15 is 0 Å². The minimum absolute atomic E-state index is 0.0335. The molecule has 4 amide bonds. The number of amides is 4. The van der Waals surface area contributed by atoms with Gasteiger partial charge in [0.25, 0.3) is 5.91 Å². The summed E-state index contributed by atoms with van der Waals surface area (Å²) in [5.41, 5.74) is 0. The molecule has 4 atom stereocenters. The molecule has 3 rings (SSSR count). The maximum Gasteiger partial charge on any atom is 0.258 e. The van der Waals surface area contributed by atoms with Gasteiger partial charge in [0.15, 0.2) is 11.6 Å². The molecule has 1 saturated heterocycles. The van der Waals surface area contributed by atoms with Crippen molar-refractivity contribution in [2.45, 2.75) is 65.1 Å². The zero-order valence-electron chi connectivity index (χ0n) is 23.8. The molecular formula is C29H39N5O6S. The monoisotopic (exact) mass is 585 g/mol. The number of nitrogens with zero attached hydrogens (tertiary/aromatic N) is 1. The normalized spacial score (nSPS) is 16.9. The number of hydrogen-bond acceptors (Lipinski definition) is 8. The predicted octanol–water partition coefficient (Wildman–Crippen LogP) is 2.09. The van der Waals surface area contributed by atoms with Crippen LogP contribution in [0.5, 0.6) is 5.75 Å². The van der Waals surface area contributed by atoms with Gasteiger partial charge in [0.05, 0.1) is 6.04 Å². The van der Waals surface area contributed by atoms with Gasteiger partial charge >= 0.3 is 0 Å². The molecule has 0 spiro atoms. The van der Waals surface area contributed by atoms with Crippen LogP contribution in [-0.2, 0) is 19.2 Å². The molecular weight excluding hydrogens is 546 g/mol. The molecule has 1 aromatic heterocycles. The molecule has 0 saturated carbocycles. The average molecular weight is 586 g/mol. The first-order valence-electron chi connectivity index (χ1n) is 13.8. The molecule has 0 radical (unpaired) electrons. The Bertz CT molecular complexity index is 1190. The fourth-order valence-electron chi connectivity index (χ4n) is 4.53. The maximum absolute atomic E-state index is 13.5. The van der Waals surface area contributed by atoms with E-state index in [9.17, 15) is 24.0 Å². The lowest BCUT2D eigenvalue weighted by molar-refractivity contribution is -0.134. The lowest BCUT2D eigenvalue weighted by atomic mass is 9.95. The van der Waals surface area contributed by atoms with E-state index in [4.69, 9.17) is 4.74 Å². The molecule has 2 heterocycles. The van der Waals surface area contributed by atoms with Crippen LogP contribution in [0.3, 0.4) is 0 Å². The van der Waals surface area contributed by atoms with Crippen LogP contribution in [0, 0.1) is 17.8 Å². The summed E-state index contributed by atoms with van der Waals surface area (Å²) in [5, 5.41) is 12.9. The van der Waals surface area contributed by atoms with Crippen molar-refractivity contribution in [3.8, 4) is 5.75 Å². The van der Waals surface area contributed by atoms with Gasteiger partial charge in [-0.2, -0.15) is 0 Å². The first-order valence-corrected chi connectivity index (χ1v) is 14.7. The summed E-state index contributed by atoms with van der Waals surface area (Å²) in [6.45, 7) is 7.64. The Morgan fingerprint density at radius 3 is 2.32 bits per heavy atom. The number of aromatic nitrogens is 1. The van der Waals surface area contributed by atoms with Crippen molar-refractivity contribution in [2.24, 2.45) is 17.8 Å². The smallest absolute Gasteiger partial charge is 0.258 e. The van der Waals surface area contributed by atoms with Crippen LogP contribution in [0.25, 0.3) is 0 Å². The second kappa shape index (κ2) is 15.3. The van der Waals surface area contributed by atoms with Gasteiger partial charge in [-0.05, 0) is 43.2 Å². The van der Waals surface area contributed by atoms with Crippen molar-refractivity contribution in [3.63, 3.8) is 0 Å². The summed E-state index contributed by atoms with van der Waals surface area (Å²) in [6, 6.07) is 5.98. The third-order valence-corrected chi connectivity index (χ3v) is 7.47. The van der Waals surface area contributed by atoms with Gasteiger partial charge in [0.2, 0.25) is 23.5 Å². The molecule has 0 bridgehead atoms. The van der Waals surface area contributed by atoms with E-state index in [0.717, 1.165) is 11.3 Å². The van der Waals surface area contributed by atoms with E-state index in [1.807, 2.05) is 19.9 Å². The summed E-state index contributed by atoms with van der Waals surface area (Å²) < 4.78 is 5.49. The van der Waals surface area contributed by atoms with Crippen LogP contribution in [0.4, 0.5) is 0 Å². The fourth-order valence-corrected chi connectivity index (χ4v) is 5.16. The molecule has 1 aliphatic rings.